The average Bonchev–Trinajstić information content (AvgIpc) is 3.92. The average molecular weight is 658 g/mol. The molecule has 14 heteroatoms. The van der Waals surface area contributed by atoms with Crippen LogP contribution in [0.4, 0.5) is 8.78 Å². The van der Waals surface area contributed by atoms with Crippen LogP contribution in [-0.4, -0.2) is 78.7 Å². The number of amides is 3. The van der Waals surface area contributed by atoms with Gasteiger partial charge in [-0.1, -0.05) is 74.5 Å². The minimum Gasteiger partial charge on any atom is -0.390 e. The Morgan fingerprint density at radius 1 is 1.02 bits per heavy atom. The Labute approximate surface area is 266 Å². The van der Waals surface area contributed by atoms with E-state index in [0.717, 1.165) is 22.3 Å². The lowest BCUT2D eigenvalue weighted by atomic mass is 9.86. The second-order valence-corrected chi connectivity index (χ2v) is 15.6. The van der Waals surface area contributed by atoms with Crippen molar-refractivity contribution in [3.63, 3.8) is 0 Å². The third-order valence-electron chi connectivity index (χ3n) is 9.26. The van der Waals surface area contributed by atoms with Crippen molar-refractivity contribution in [3.05, 3.63) is 59.7 Å². The van der Waals surface area contributed by atoms with Crippen LogP contribution in [0.3, 0.4) is 0 Å². The second kappa shape index (κ2) is 11.4. The molecule has 5 atom stereocenters. The van der Waals surface area contributed by atoms with Gasteiger partial charge in [-0.2, -0.15) is 0 Å². The maximum Gasteiger partial charge on any atom is 0.259 e. The lowest BCUT2D eigenvalue weighted by Crippen LogP contribution is -2.59. The third kappa shape index (κ3) is 5.76. The van der Waals surface area contributed by atoms with E-state index in [0.29, 0.717) is 18.6 Å². The molecule has 1 unspecified atom stereocenters. The van der Waals surface area contributed by atoms with Crippen LogP contribution < -0.4 is 15.8 Å². The summed E-state index contributed by atoms with van der Waals surface area (Å²) in [6.45, 7) is 5.24. The number of alkyl halides is 2. The van der Waals surface area contributed by atoms with Crippen LogP contribution in [0.5, 0.6) is 0 Å². The normalized spacial score (nSPS) is 25.8. The minimum atomic E-state index is -4.06. The fourth-order valence-electron chi connectivity index (χ4n) is 6.17. The van der Waals surface area contributed by atoms with E-state index in [1.165, 1.54) is 4.90 Å². The Hall–Kier alpha value is -3.91. The molecule has 46 heavy (non-hydrogen) atoms. The maximum absolute atomic E-state index is 13.9. The smallest absolute Gasteiger partial charge is 0.259 e. The molecule has 1 aliphatic heterocycles. The standard InChI is InChI=1S/C32H37F2N5O6S/c1-31(2,3)26(35)29(41)39-16-17(45-37-25-21-10-6-4-8-19(21)20-9-5-7-11-22(20)25)14-24(39)28(40)36-32(15-23(32)27(33)34)30(42)38-46(43,44)18-12-13-18/h4-11,17-18,23-24,26-27H,12-16,35H2,1-3H3,(H,36,40)(H,38,42)/t17-,23+,24?,26-,32+/m1/s1. The molecule has 2 aromatic rings. The molecule has 11 nitrogen and oxygen atoms in total. The number of benzene rings is 2. The van der Waals surface area contributed by atoms with E-state index in [2.05, 4.69) is 10.5 Å². The molecular formula is C32H37F2N5O6S. The van der Waals surface area contributed by atoms with Crippen molar-refractivity contribution in [3.8, 4) is 11.1 Å². The third-order valence-corrected chi connectivity index (χ3v) is 11.1. The molecule has 0 spiro atoms. The first-order valence-corrected chi connectivity index (χ1v) is 16.8. The number of nitrogens with two attached hydrogens (primary N) is 1. The van der Waals surface area contributed by atoms with Crippen LogP contribution in [0.15, 0.2) is 53.7 Å². The number of nitrogens with one attached hydrogen (secondary N) is 2. The van der Waals surface area contributed by atoms with Gasteiger partial charge in [-0.05, 0) is 35.8 Å². The Kier molecular flexibility index (Phi) is 7.95. The van der Waals surface area contributed by atoms with Gasteiger partial charge in [-0.15, -0.1) is 0 Å². The van der Waals surface area contributed by atoms with Crippen molar-refractivity contribution >= 4 is 33.5 Å². The van der Waals surface area contributed by atoms with Crippen molar-refractivity contribution < 1.29 is 36.4 Å². The van der Waals surface area contributed by atoms with Gasteiger partial charge in [0.25, 0.3) is 5.91 Å². The summed E-state index contributed by atoms with van der Waals surface area (Å²) in [6.07, 6.45) is -3.56. The summed E-state index contributed by atoms with van der Waals surface area (Å²) < 4.78 is 54.6. The molecule has 3 amide bonds. The number of likely N-dealkylation sites (tertiary alicyclic amines) is 1. The van der Waals surface area contributed by atoms with E-state index in [4.69, 9.17) is 10.6 Å². The quantitative estimate of drug-likeness (QED) is 0.298. The molecule has 1 heterocycles. The summed E-state index contributed by atoms with van der Waals surface area (Å²) in [5.74, 6) is -4.24. The molecule has 3 aliphatic carbocycles. The lowest BCUT2D eigenvalue weighted by Gasteiger charge is -2.33. The first kappa shape index (κ1) is 32.0. The zero-order valence-corrected chi connectivity index (χ0v) is 26.5. The summed E-state index contributed by atoms with van der Waals surface area (Å²) in [5, 5.41) is 6.10. The second-order valence-electron chi connectivity index (χ2n) is 13.6. The van der Waals surface area contributed by atoms with Crippen molar-refractivity contribution in [2.75, 3.05) is 6.54 Å². The van der Waals surface area contributed by atoms with Crippen molar-refractivity contribution in [1.82, 2.24) is 14.9 Å². The number of halogens is 2. The molecule has 2 aromatic carbocycles. The summed E-state index contributed by atoms with van der Waals surface area (Å²) in [5.41, 5.74) is 7.77. The lowest BCUT2D eigenvalue weighted by molar-refractivity contribution is -0.142. The molecule has 3 fully saturated rings. The van der Waals surface area contributed by atoms with E-state index in [1.807, 2.05) is 53.3 Å². The highest BCUT2D eigenvalue weighted by Crippen LogP contribution is 2.48. The van der Waals surface area contributed by atoms with Crippen molar-refractivity contribution in [1.29, 1.82) is 0 Å². The number of fused-ring (bicyclic) bond motifs is 3. The number of carbonyl (C=O) groups excluding carboxylic acids is 3. The molecule has 246 valence electrons. The zero-order valence-electron chi connectivity index (χ0n) is 25.7. The van der Waals surface area contributed by atoms with Crippen LogP contribution >= 0.6 is 0 Å². The molecule has 1 saturated heterocycles. The van der Waals surface area contributed by atoms with E-state index in [1.54, 1.807) is 20.8 Å². The summed E-state index contributed by atoms with van der Waals surface area (Å²) in [4.78, 5) is 47.8. The summed E-state index contributed by atoms with van der Waals surface area (Å²) in [7, 11) is -4.06. The molecule has 6 rings (SSSR count). The largest absolute Gasteiger partial charge is 0.390 e. The van der Waals surface area contributed by atoms with Crippen LogP contribution in [0, 0.1) is 11.3 Å². The number of hydrogen-bond donors (Lipinski definition) is 3. The fourth-order valence-corrected chi connectivity index (χ4v) is 7.54. The van der Waals surface area contributed by atoms with Gasteiger partial charge in [0.05, 0.1) is 23.8 Å². The highest BCUT2D eigenvalue weighted by atomic mass is 32.2. The van der Waals surface area contributed by atoms with Crippen LogP contribution in [0.25, 0.3) is 11.1 Å². The Morgan fingerprint density at radius 3 is 2.09 bits per heavy atom. The summed E-state index contributed by atoms with van der Waals surface area (Å²) >= 11 is 0. The molecule has 4 N–H and O–H groups in total. The molecule has 2 saturated carbocycles. The van der Waals surface area contributed by atoms with E-state index >= 15 is 0 Å². The number of carbonyl (C=O) groups is 3. The number of oxime groups is 1. The Morgan fingerprint density at radius 2 is 1.59 bits per heavy atom. The first-order chi connectivity index (χ1) is 21.6. The summed E-state index contributed by atoms with van der Waals surface area (Å²) in [6, 6.07) is 13.2. The Balaban J connectivity index is 1.26. The highest BCUT2D eigenvalue weighted by molar-refractivity contribution is 7.91. The van der Waals surface area contributed by atoms with E-state index in [9.17, 15) is 31.6 Å². The monoisotopic (exact) mass is 657 g/mol. The predicted molar refractivity (Wildman–Crippen MR) is 165 cm³/mol. The van der Waals surface area contributed by atoms with Gasteiger partial charge >= 0.3 is 0 Å². The van der Waals surface area contributed by atoms with Crippen LogP contribution in [-0.2, 0) is 29.2 Å². The number of hydrogen-bond acceptors (Lipinski definition) is 8. The topological polar surface area (TPSA) is 160 Å². The van der Waals surface area contributed by atoms with Crippen LogP contribution in [0.2, 0.25) is 0 Å². The minimum absolute atomic E-state index is 0.0636. The van der Waals surface area contributed by atoms with E-state index < -0.39 is 80.9 Å². The SMILES string of the molecule is CC(C)(C)[C@H](N)C(=O)N1C[C@H](ON=C2c3ccccc3-c3ccccc32)CC1C(=O)N[C@@]1(C(=O)NS(=O)(=O)C2CC2)C[C@H]1C(F)F. The van der Waals surface area contributed by atoms with Crippen molar-refractivity contribution in [2.24, 2.45) is 22.2 Å². The Bertz CT molecular complexity index is 1680. The molecule has 4 aliphatic rings. The van der Waals surface area contributed by atoms with Gasteiger partial charge in [0.1, 0.15) is 23.4 Å². The number of sulfonamides is 1. The maximum atomic E-state index is 13.9. The predicted octanol–water partition coefficient (Wildman–Crippen LogP) is 2.53. The van der Waals surface area contributed by atoms with Gasteiger partial charge in [0, 0.05) is 17.5 Å². The molecular weight excluding hydrogens is 620 g/mol. The van der Waals surface area contributed by atoms with E-state index in [-0.39, 0.29) is 13.0 Å². The number of nitrogens with zero attached hydrogens (tertiary/aromatic N) is 2. The highest BCUT2D eigenvalue weighted by Gasteiger charge is 2.66. The number of rotatable bonds is 9. The van der Waals surface area contributed by atoms with Gasteiger partial charge in [-0.25, -0.2) is 17.2 Å². The fraction of sp³-hybridized carbons (Fsp3) is 0.500. The molecule has 0 bridgehead atoms. The van der Waals surface area contributed by atoms with Crippen molar-refractivity contribution in [2.45, 2.75) is 81.9 Å². The van der Waals surface area contributed by atoms with Crippen LogP contribution in [0.1, 0.15) is 57.6 Å². The van der Waals surface area contributed by atoms with Gasteiger partial charge in [0.2, 0.25) is 28.3 Å². The van der Waals surface area contributed by atoms with Gasteiger partial charge in [0.15, 0.2) is 0 Å². The zero-order chi connectivity index (χ0) is 33.2. The van der Waals surface area contributed by atoms with Gasteiger partial charge in [-0.3, -0.25) is 19.1 Å². The molecule has 0 radical (unpaired) electrons. The molecule has 0 aromatic heterocycles. The first-order valence-electron chi connectivity index (χ1n) is 15.3. The van der Waals surface area contributed by atoms with Gasteiger partial charge < -0.3 is 20.8 Å².